The van der Waals surface area contributed by atoms with Crippen molar-refractivity contribution >= 4 is 46.1 Å². The minimum Gasteiger partial charge on any atom is -0.444 e. The minimum absolute atomic E-state index is 0.120. The lowest BCUT2D eigenvalue weighted by Crippen LogP contribution is -2.47. The second-order valence-electron chi connectivity index (χ2n) is 9.13. The van der Waals surface area contributed by atoms with Crippen LogP contribution in [0, 0.1) is 0 Å². The highest BCUT2D eigenvalue weighted by Crippen LogP contribution is 2.30. The van der Waals surface area contributed by atoms with Crippen LogP contribution in [0.3, 0.4) is 0 Å². The number of nitrogens with two attached hydrogens (primary N) is 1. The van der Waals surface area contributed by atoms with Crippen molar-refractivity contribution in [2.75, 3.05) is 11.1 Å². The first kappa shape index (κ1) is 24.9. The number of nitrogens with one attached hydrogen (secondary N) is 3. The van der Waals surface area contributed by atoms with Crippen LogP contribution < -0.4 is 16.4 Å². The number of imidazole rings is 1. The van der Waals surface area contributed by atoms with Gasteiger partial charge >= 0.3 is 6.09 Å². The molecule has 1 atom stereocenters. The van der Waals surface area contributed by atoms with E-state index in [2.05, 4.69) is 30.6 Å². The number of anilines is 2. The number of carbonyl (C=O) groups is 2. The monoisotopic (exact) mass is 507 g/mol. The van der Waals surface area contributed by atoms with E-state index in [4.69, 9.17) is 22.1 Å². The first-order chi connectivity index (χ1) is 17.1. The van der Waals surface area contributed by atoms with Gasteiger partial charge < -0.3 is 26.1 Å². The van der Waals surface area contributed by atoms with Gasteiger partial charge in [-0.1, -0.05) is 23.7 Å². The number of nitrogen functional groups attached to an aromatic ring is 1. The highest BCUT2D eigenvalue weighted by Gasteiger charge is 2.25. The molecule has 0 radical (unpaired) electrons. The highest BCUT2D eigenvalue weighted by atomic mass is 35.5. The van der Waals surface area contributed by atoms with Gasteiger partial charge in [0, 0.05) is 34.3 Å². The first-order valence-electron chi connectivity index (χ1n) is 11.2. The molecule has 0 saturated carbocycles. The van der Waals surface area contributed by atoms with Crippen molar-refractivity contribution in [3.05, 3.63) is 65.7 Å². The van der Waals surface area contributed by atoms with Gasteiger partial charge in [-0.3, -0.25) is 4.79 Å². The number of halogens is 1. The van der Waals surface area contributed by atoms with E-state index in [1.807, 2.05) is 6.07 Å². The molecule has 4 aromatic rings. The molecular weight excluding hydrogens is 482 g/mol. The minimum atomic E-state index is -0.930. The lowest BCUT2D eigenvalue weighted by Gasteiger charge is -2.23. The van der Waals surface area contributed by atoms with Crippen LogP contribution in [-0.2, 0) is 16.0 Å². The Bertz CT molecular complexity index is 1400. The Hall–Kier alpha value is -4.18. The van der Waals surface area contributed by atoms with Crippen LogP contribution in [-0.4, -0.2) is 43.6 Å². The number of benzene rings is 2. The number of hydrogen-bond acceptors (Lipinski definition) is 7. The van der Waals surface area contributed by atoms with E-state index in [0.29, 0.717) is 33.2 Å². The van der Waals surface area contributed by atoms with Crippen LogP contribution in [0.4, 0.5) is 16.4 Å². The summed E-state index contributed by atoms with van der Waals surface area (Å²) in [4.78, 5) is 41.3. The molecule has 11 heteroatoms. The van der Waals surface area contributed by atoms with Crippen LogP contribution in [0.1, 0.15) is 26.5 Å². The van der Waals surface area contributed by atoms with Crippen LogP contribution in [0.25, 0.3) is 22.2 Å². The summed E-state index contributed by atoms with van der Waals surface area (Å²) in [5, 5.41) is 6.76. The summed E-state index contributed by atoms with van der Waals surface area (Å²) >= 11 is 6.20. The van der Waals surface area contributed by atoms with Crippen molar-refractivity contribution in [2.24, 2.45) is 0 Å². The fraction of sp³-hybridized carbons (Fsp3) is 0.240. The molecule has 0 bridgehead atoms. The molecule has 4 rings (SSSR count). The number of aromatic nitrogens is 4. The summed E-state index contributed by atoms with van der Waals surface area (Å²) in [5.41, 5.74) is 8.27. The summed E-state index contributed by atoms with van der Waals surface area (Å²) in [7, 11) is 0. The number of H-pyrrole nitrogens is 1. The molecule has 2 aromatic carbocycles. The highest BCUT2D eigenvalue weighted by molar-refractivity contribution is 6.31. The number of fused-ring (bicyclic) bond motifs is 1. The average molecular weight is 508 g/mol. The Balaban J connectivity index is 1.60. The van der Waals surface area contributed by atoms with E-state index >= 15 is 0 Å². The SMILES string of the molecule is CC(C)(C)OC(=O)NC(Cc1c[nH]cn1)C(=O)Nc1cccc(-c2nc(N)nc3ccc(Cl)cc23)c1. The zero-order valence-corrected chi connectivity index (χ0v) is 20.8. The molecule has 0 aliphatic carbocycles. The quantitative estimate of drug-likeness (QED) is 0.303. The summed E-state index contributed by atoms with van der Waals surface area (Å²) in [5.74, 6) is -0.314. The van der Waals surface area contributed by atoms with E-state index in [1.165, 1.54) is 6.33 Å². The van der Waals surface area contributed by atoms with Crippen molar-refractivity contribution < 1.29 is 14.3 Å². The molecule has 10 nitrogen and oxygen atoms in total. The third kappa shape index (κ3) is 6.28. The van der Waals surface area contributed by atoms with E-state index in [9.17, 15) is 9.59 Å². The van der Waals surface area contributed by atoms with Crippen molar-refractivity contribution in [3.63, 3.8) is 0 Å². The van der Waals surface area contributed by atoms with Gasteiger partial charge in [-0.25, -0.2) is 19.7 Å². The molecule has 36 heavy (non-hydrogen) atoms. The maximum absolute atomic E-state index is 13.2. The van der Waals surface area contributed by atoms with Gasteiger partial charge in [0.1, 0.15) is 11.6 Å². The van der Waals surface area contributed by atoms with Gasteiger partial charge in [0.15, 0.2) is 0 Å². The topological polar surface area (TPSA) is 148 Å². The molecular formula is C25H26ClN7O3. The number of hydrogen-bond donors (Lipinski definition) is 4. The Morgan fingerprint density at radius 3 is 2.69 bits per heavy atom. The van der Waals surface area contributed by atoms with Gasteiger partial charge in [0.05, 0.1) is 23.2 Å². The van der Waals surface area contributed by atoms with Crippen LogP contribution in [0.2, 0.25) is 5.02 Å². The van der Waals surface area contributed by atoms with Crippen LogP contribution >= 0.6 is 11.6 Å². The molecule has 0 aliphatic rings. The second kappa shape index (κ2) is 10.2. The lowest BCUT2D eigenvalue weighted by molar-refractivity contribution is -0.118. The standard InChI is InChI=1S/C25H26ClN7O3/c1-25(2,3)36-24(35)32-20(11-17-12-28-13-29-17)22(34)30-16-6-4-5-14(9-16)21-18-10-15(26)7-8-19(18)31-23(27)33-21/h4-10,12-13,20H,11H2,1-3H3,(H,28,29)(H,30,34)(H,32,35)(H2,27,31,33). The second-order valence-corrected chi connectivity index (χ2v) is 9.56. The van der Waals surface area contributed by atoms with E-state index in [1.54, 1.807) is 63.4 Å². The largest absolute Gasteiger partial charge is 0.444 e. The Morgan fingerprint density at radius 1 is 1.17 bits per heavy atom. The number of ether oxygens (including phenoxy) is 1. The zero-order chi connectivity index (χ0) is 25.9. The summed E-state index contributed by atoms with van der Waals surface area (Å²) in [6, 6.07) is 11.5. The van der Waals surface area contributed by atoms with E-state index in [-0.39, 0.29) is 12.4 Å². The number of carbonyl (C=O) groups excluding carboxylic acids is 2. The molecule has 2 amide bonds. The smallest absolute Gasteiger partial charge is 0.408 e. The number of aromatic amines is 1. The average Bonchev–Trinajstić information content (AvgIpc) is 3.30. The normalized spacial score (nSPS) is 12.2. The number of alkyl carbamates (subject to hydrolysis) is 1. The lowest BCUT2D eigenvalue weighted by atomic mass is 10.1. The summed E-state index contributed by atoms with van der Waals surface area (Å²) in [6.45, 7) is 5.24. The number of rotatable bonds is 6. The molecule has 5 N–H and O–H groups in total. The molecule has 186 valence electrons. The van der Waals surface area contributed by atoms with Crippen molar-refractivity contribution in [2.45, 2.75) is 38.8 Å². The van der Waals surface area contributed by atoms with Crippen LogP contribution in [0.5, 0.6) is 0 Å². The fourth-order valence-corrected chi connectivity index (χ4v) is 3.76. The van der Waals surface area contributed by atoms with E-state index in [0.717, 1.165) is 5.39 Å². The molecule has 2 heterocycles. The third-order valence-corrected chi connectivity index (χ3v) is 5.29. The van der Waals surface area contributed by atoms with Gasteiger partial charge in [-0.15, -0.1) is 0 Å². The van der Waals surface area contributed by atoms with Gasteiger partial charge in [-0.2, -0.15) is 0 Å². The van der Waals surface area contributed by atoms with Crippen molar-refractivity contribution in [3.8, 4) is 11.3 Å². The van der Waals surface area contributed by atoms with Gasteiger partial charge in [0.25, 0.3) is 0 Å². The van der Waals surface area contributed by atoms with Crippen molar-refractivity contribution in [1.29, 1.82) is 0 Å². The molecule has 0 spiro atoms. The fourth-order valence-electron chi connectivity index (χ4n) is 3.58. The first-order valence-corrected chi connectivity index (χ1v) is 11.6. The Labute approximate surface area is 212 Å². The van der Waals surface area contributed by atoms with Crippen molar-refractivity contribution in [1.82, 2.24) is 25.3 Å². The van der Waals surface area contributed by atoms with Gasteiger partial charge in [-0.05, 0) is 51.1 Å². The molecule has 2 aromatic heterocycles. The molecule has 0 aliphatic heterocycles. The van der Waals surface area contributed by atoms with E-state index < -0.39 is 23.6 Å². The third-order valence-electron chi connectivity index (χ3n) is 5.05. The maximum Gasteiger partial charge on any atom is 0.408 e. The molecule has 0 fully saturated rings. The molecule has 0 saturated heterocycles. The predicted octanol–water partition coefficient (Wildman–Crippen LogP) is 4.33. The summed E-state index contributed by atoms with van der Waals surface area (Å²) < 4.78 is 5.33. The Morgan fingerprint density at radius 2 is 1.97 bits per heavy atom. The maximum atomic E-state index is 13.2. The summed E-state index contributed by atoms with van der Waals surface area (Å²) in [6.07, 6.45) is 2.63. The predicted molar refractivity (Wildman–Crippen MR) is 138 cm³/mol. The van der Waals surface area contributed by atoms with Gasteiger partial charge in [0.2, 0.25) is 11.9 Å². The Kier molecular flexibility index (Phi) is 7.07. The zero-order valence-electron chi connectivity index (χ0n) is 20.0. The molecule has 1 unspecified atom stereocenters. The number of nitrogens with zero attached hydrogens (tertiary/aromatic N) is 3. The number of amides is 2. The van der Waals surface area contributed by atoms with Crippen LogP contribution in [0.15, 0.2) is 55.0 Å².